The number of anilines is 1. The Balaban J connectivity index is 1.99. The first-order chi connectivity index (χ1) is 9.58. The van der Waals surface area contributed by atoms with Crippen LogP contribution in [0.4, 0.5) is 5.69 Å². The van der Waals surface area contributed by atoms with Gasteiger partial charge in [-0.05, 0) is 53.9 Å². The van der Waals surface area contributed by atoms with Crippen molar-refractivity contribution in [1.29, 1.82) is 0 Å². The first-order valence-corrected chi connectivity index (χ1v) is 7.64. The quantitative estimate of drug-likeness (QED) is 0.814. The maximum absolute atomic E-state index is 12.8. The van der Waals surface area contributed by atoms with Gasteiger partial charge in [0.25, 0.3) is 5.91 Å². The monoisotopic (exact) mass is 332 g/mol. The van der Waals surface area contributed by atoms with E-state index >= 15 is 0 Å². The zero-order chi connectivity index (χ0) is 14.3. The van der Waals surface area contributed by atoms with E-state index in [1.807, 2.05) is 39.9 Å². The van der Waals surface area contributed by atoms with E-state index in [1.54, 1.807) is 0 Å². The maximum Gasteiger partial charge on any atom is 0.274 e. The molecule has 0 unspecified atom stereocenters. The second-order valence-corrected chi connectivity index (χ2v) is 6.30. The topological polar surface area (TPSA) is 25.2 Å². The van der Waals surface area contributed by atoms with Crippen LogP contribution >= 0.6 is 15.9 Å². The highest BCUT2D eigenvalue weighted by Crippen LogP contribution is 2.30. The normalized spacial score (nSPS) is 13.9. The largest absolute Gasteiger partial charge is 0.340 e. The number of para-hydroxylation sites is 1. The van der Waals surface area contributed by atoms with Gasteiger partial charge in [0.05, 0.1) is 0 Å². The van der Waals surface area contributed by atoms with Crippen molar-refractivity contribution in [2.45, 2.75) is 26.3 Å². The summed E-state index contributed by atoms with van der Waals surface area (Å²) in [6.45, 7) is 4.93. The van der Waals surface area contributed by atoms with E-state index in [1.165, 1.54) is 5.56 Å². The van der Waals surface area contributed by atoms with Gasteiger partial charge in [0.2, 0.25) is 0 Å². The van der Waals surface area contributed by atoms with Gasteiger partial charge in [0.1, 0.15) is 5.69 Å². The van der Waals surface area contributed by atoms with Gasteiger partial charge in [-0.3, -0.25) is 4.79 Å². The van der Waals surface area contributed by atoms with Gasteiger partial charge >= 0.3 is 0 Å². The van der Waals surface area contributed by atoms with E-state index in [2.05, 4.69) is 35.8 Å². The van der Waals surface area contributed by atoms with Crippen molar-refractivity contribution >= 4 is 27.5 Å². The SMILES string of the molecule is CC(C)n1cc(Br)cc1C(=O)N1CCc2ccccc21. The molecule has 1 aliphatic heterocycles. The smallest absolute Gasteiger partial charge is 0.274 e. The summed E-state index contributed by atoms with van der Waals surface area (Å²) < 4.78 is 2.97. The van der Waals surface area contributed by atoms with Crippen LogP contribution in [0.3, 0.4) is 0 Å². The molecule has 0 aliphatic carbocycles. The molecular weight excluding hydrogens is 316 g/mol. The number of benzene rings is 1. The van der Waals surface area contributed by atoms with Crippen LogP contribution in [0.25, 0.3) is 0 Å². The fraction of sp³-hybridized carbons (Fsp3) is 0.312. The molecule has 0 saturated heterocycles. The molecule has 1 aromatic heterocycles. The molecular formula is C16H17BrN2O. The minimum atomic E-state index is 0.0781. The highest BCUT2D eigenvalue weighted by molar-refractivity contribution is 9.10. The molecule has 0 fully saturated rings. The number of hydrogen-bond donors (Lipinski definition) is 0. The number of fused-ring (bicyclic) bond motifs is 1. The molecule has 4 heteroatoms. The van der Waals surface area contributed by atoms with Crippen molar-refractivity contribution in [3.05, 3.63) is 52.3 Å². The van der Waals surface area contributed by atoms with Gasteiger partial charge < -0.3 is 9.47 Å². The van der Waals surface area contributed by atoms with Crippen molar-refractivity contribution in [3.63, 3.8) is 0 Å². The lowest BCUT2D eigenvalue weighted by atomic mass is 10.2. The number of nitrogens with zero attached hydrogens (tertiary/aromatic N) is 2. The number of halogens is 1. The van der Waals surface area contributed by atoms with Gasteiger partial charge in [-0.2, -0.15) is 0 Å². The summed E-state index contributed by atoms with van der Waals surface area (Å²) in [6.07, 6.45) is 2.91. The lowest BCUT2D eigenvalue weighted by Crippen LogP contribution is -2.31. The molecule has 1 aromatic carbocycles. The minimum absolute atomic E-state index is 0.0781. The Morgan fingerprint density at radius 3 is 2.80 bits per heavy atom. The Labute approximate surface area is 127 Å². The van der Waals surface area contributed by atoms with Crippen LogP contribution < -0.4 is 4.90 Å². The van der Waals surface area contributed by atoms with Crippen LogP contribution in [0.1, 0.15) is 35.9 Å². The summed E-state index contributed by atoms with van der Waals surface area (Å²) in [4.78, 5) is 14.7. The molecule has 3 nitrogen and oxygen atoms in total. The van der Waals surface area contributed by atoms with Crippen molar-refractivity contribution in [2.24, 2.45) is 0 Å². The second kappa shape index (κ2) is 5.09. The summed E-state index contributed by atoms with van der Waals surface area (Å²) in [5, 5.41) is 0. The van der Waals surface area contributed by atoms with E-state index in [-0.39, 0.29) is 11.9 Å². The number of aromatic nitrogens is 1. The molecule has 0 bridgehead atoms. The van der Waals surface area contributed by atoms with Crippen LogP contribution in [0.15, 0.2) is 41.0 Å². The minimum Gasteiger partial charge on any atom is -0.340 e. The average molecular weight is 333 g/mol. The summed E-state index contributed by atoms with van der Waals surface area (Å²) in [5.74, 6) is 0.0781. The Morgan fingerprint density at radius 1 is 1.30 bits per heavy atom. The van der Waals surface area contributed by atoms with E-state index in [9.17, 15) is 4.79 Å². The molecule has 2 heterocycles. The summed E-state index contributed by atoms with van der Waals surface area (Å²) in [6, 6.07) is 10.3. The number of hydrogen-bond acceptors (Lipinski definition) is 1. The van der Waals surface area contributed by atoms with Gasteiger partial charge in [0, 0.05) is 28.9 Å². The van der Waals surface area contributed by atoms with Gasteiger partial charge in [-0.1, -0.05) is 18.2 Å². The van der Waals surface area contributed by atoms with Gasteiger partial charge in [0.15, 0.2) is 0 Å². The number of carbonyl (C=O) groups excluding carboxylic acids is 1. The van der Waals surface area contributed by atoms with Crippen LogP contribution in [0.5, 0.6) is 0 Å². The third-order valence-electron chi connectivity index (χ3n) is 3.72. The third kappa shape index (κ3) is 2.18. The average Bonchev–Trinajstić information content (AvgIpc) is 3.01. The van der Waals surface area contributed by atoms with Gasteiger partial charge in [-0.15, -0.1) is 0 Å². The number of amides is 1. The molecule has 0 spiro atoms. The Bertz CT molecular complexity index is 660. The standard InChI is InChI=1S/C16H17BrN2O/c1-11(2)19-10-13(17)9-15(19)16(20)18-8-7-12-5-3-4-6-14(12)18/h3-6,9-11H,7-8H2,1-2H3. The molecule has 0 atom stereocenters. The number of carbonyl (C=O) groups is 1. The first-order valence-electron chi connectivity index (χ1n) is 6.85. The van der Waals surface area contributed by atoms with Gasteiger partial charge in [-0.25, -0.2) is 0 Å². The van der Waals surface area contributed by atoms with Crippen molar-refractivity contribution < 1.29 is 4.79 Å². The van der Waals surface area contributed by atoms with E-state index in [0.29, 0.717) is 0 Å². The lowest BCUT2D eigenvalue weighted by molar-refractivity contribution is 0.0979. The molecule has 3 rings (SSSR count). The zero-order valence-corrected chi connectivity index (χ0v) is 13.2. The maximum atomic E-state index is 12.8. The molecule has 1 aliphatic rings. The first kappa shape index (κ1) is 13.4. The predicted molar refractivity (Wildman–Crippen MR) is 84.3 cm³/mol. The van der Waals surface area contributed by atoms with Crippen LogP contribution in [0, 0.1) is 0 Å². The predicted octanol–water partition coefficient (Wildman–Crippen LogP) is 4.03. The zero-order valence-electron chi connectivity index (χ0n) is 11.6. The van der Waals surface area contributed by atoms with Crippen LogP contribution in [-0.4, -0.2) is 17.0 Å². The second-order valence-electron chi connectivity index (χ2n) is 5.38. The molecule has 20 heavy (non-hydrogen) atoms. The fourth-order valence-electron chi connectivity index (χ4n) is 2.73. The fourth-order valence-corrected chi connectivity index (χ4v) is 3.17. The summed E-state index contributed by atoms with van der Waals surface area (Å²) >= 11 is 3.47. The molecule has 104 valence electrons. The van der Waals surface area contributed by atoms with Crippen LogP contribution in [-0.2, 0) is 6.42 Å². The van der Waals surface area contributed by atoms with Crippen molar-refractivity contribution in [1.82, 2.24) is 4.57 Å². The van der Waals surface area contributed by atoms with Crippen molar-refractivity contribution in [2.75, 3.05) is 11.4 Å². The Kier molecular flexibility index (Phi) is 3.42. The number of rotatable bonds is 2. The van der Waals surface area contributed by atoms with Crippen LogP contribution in [0.2, 0.25) is 0 Å². The molecule has 0 radical (unpaired) electrons. The highest BCUT2D eigenvalue weighted by Gasteiger charge is 2.27. The van der Waals surface area contributed by atoms with Crippen molar-refractivity contribution in [3.8, 4) is 0 Å². The molecule has 1 amide bonds. The highest BCUT2D eigenvalue weighted by atomic mass is 79.9. The van der Waals surface area contributed by atoms with E-state index < -0.39 is 0 Å². The van der Waals surface area contributed by atoms with E-state index in [4.69, 9.17) is 0 Å². The lowest BCUT2D eigenvalue weighted by Gasteiger charge is -2.20. The van der Waals surface area contributed by atoms with E-state index in [0.717, 1.165) is 28.8 Å². The molecule has 0 saturated carbocycles. The summed E-state index contributed by atoms with van der Waals surface area (Å²) in [5.41, 5.74) is 3.04. The Morgan fingerprint density at radius 2 is 2.05 bits per heavy atom. The Hall–Kier alpha value is -1.55. The molecule has 0 N–H and O–H groups in total. The molecule has 2 aromatic rings. The summed E-state index contributed by atoms with van der Waals surface area (Å²) in [7, 11) is 0. The third-order valence-corrected chi connectivity index (χ3v) is 4.16.